The van der Waals surface area contributed by atoms with Gasteiger partial charge in [-0.05, 0) is 17.7 Å². The standard InChI is InChI=1S/C14H20N2O4S/c1-3-8-16(9-10-17)21(19,20)14-6-4-13(5-7-14)11-15-12(2)18/h3-7,17H,1,8-11H2,2H3,(H,15,18). The van der Waals surface area contributed by atoms with Crippen molar-refractivity contribution in [2.24, 2.45) is 0 Å². The van der Waals surface area contributed by atoms with Gasteiger partial charge in [-0.2, -0.15) is 4.31 Å². The molecule has 116 valence electrons. The van der Waals surface area contributed by atoms with Gasteiger partial charge in [0, 0.05) is 26.6 Å². The lowest BCUT2D eigenvalue weighted by molar-refractivity contribution is -0.119. The predicted octanol–water partition coefficient (Wildman–Crippen LogP) is 0.492. The Labute approximate surface area is 125 Å². The molecule has 2 N–H and O–H groups in total. The Balaban J connectivity index is 2.92. The molecular weight excluding hydrogens is 292 g/mol. The summed E-state index contributed by atoms with van der Waals surface area (Å²) in [6.07, 6.45) is 1.47. The molecule has 1 rings (SSSR count). The zero-order chi connectivity index (χ0) is 15.9. The van der Waals surface area contributed by atoms with Crippen molar-refractivity contribution in [1.29, 1.82) is 0 Å². The van der Waals surface area contributed by atoms with E-state index in [1.54, 1.807) is 12.1 Å². The second-order valence-corrected chi connectivity index (χ2v) is 6.37. The average molecular weight is 312 g/mol. The number of carbonyl (C=O) groups is 1. The normalized spacial score (nSPS) is 11.4. The molecule has 0 aliphatic rings. The van der Waals surface area contributed by atoms with Crippen LogP contribution in [0.25, 0.3) is 0 Å². The fourth-order valence-electron chi connectivity index (χ4n) is 1.72. The Morgan fingerprint density at radius 2 is 2.00 bits per heavy atom. The van der Waals surface area contributed by atoms with Crippen LogP contribution in [0, 0.1) is 0 Å². The molecule has 0 heterocycles. The first-order chi connectivity index (χ1) is 9.91. The third kappa shape index (κ3) is 4.96. The molecular formula is C14H20N2O4S. The molecule has 0 aliphatic heterocycles. The van der Waals surface area contributed by atoms with Crippen molar-refractivity contribution in [3.05, 3.63) is 42.5 Å². The van der Waals surface area contributed by atoms with Crippen molar-refractivity contribution in [2.75, 3.05) is 19.7 Å². The minimum atomic E-state index is -3.66. The van der Waals surface area contributed by atoms with Gasteiger partial charge in [0.2, 0.25) is 15.9 Å². The lowest BCUT2D eigenvalue weighted by atomic mass is 10.2. The topological polar surface area (TPSA) is 86.7 Å². The molecule has 7 heteroatoms. The van der Waals surface area contributed by atoms with Crippen molar-refractivity contribution in [1.82, 2.24) is 9.62 Å². The fraction of sp³-hybridized carbons (Fsp3) is 0.357. The fourth-order valence-corrected chi connectivity index (χ4v) is 3.12. The second kappa shape index (κ2) is 7.92. The number of sulfonamides is 1. The average Bonchev–Trinajstić information content (AvgIpc) is 2.45. The summed E-state index contributed by atoms with van der Waals surface area (Å²) in [7, 11) is -3.66. The maximum absolute atomic E-state index is 12.4. The highest BCUT2D eigenvalue weighted by Crippen LogP contribution is 2.16. The van der Waals surface area contributed by atoms with Gasteiger partial charge in [0.25, 0.3) is 0 Å². The number of amides is 1. The van der Waals surface area contributed by atoms with Crippen molar-refractivity contribution >= 4 is 15.9 Å². The summed E-state index contributed by atoms with van der Waals surface area (Å²) in [5.41, 5.74) is 0.807. The van der Waals surface area contributed by atoms with Crippen molar-refractivity contribution < 1.29 is 18.3 Å². The van der Waals surface area contributed by atoms with E-state index in [2.05, 4.69) is 11.9 Å². The Bertz CT molecular complexity index is 581. The van der Waals surface area contributed by atoms with E-state index >= 15 is 0 Å². The van der Waals surface area contributed by atoms with Gasteiger partial charge in [0.05, 0.1) is 11.5 Å². The lowest BCUT2D eigenvalue weighted by Crippen LogP contribution is -2.33. The number of rotatable bonds is 8. The number of nitrogens with one attached hydrogen (secondary N) is 1. The van der Waals surface area contributed by atoms with E-state index in [1.807, 2.05) is 0 Å². The molecule has 1 aromatic rings. The van der Waals surface area contributed by atoms with Gasteiger partial charge < -0.3 is 10.4 Å². The van der Waals surface area contributed by atoms with E-state index in [1.165, 1.54) is 25.1 Å². The second-order valence-electron chi connectivity index (χ2n) is 4.43. The molecule has 0 bridgehead atoms. The highest BCUT2D eigenvalue weighted by molar-refractivity contribution is 7.89. The molecule has 0 fully saturated rings. The van der Waals surface area contributed by atoms with Gasteiger partial charge in [0.1, 0.15) is 0 Å². The maximum Gasteiger partial charge on any atom is 0.243 e. The van der Waals surface area contributed by atoms with Crippen LogP contribution in [0.5, 0.6) is 0 Å². The van der Waals surface area contributed by atoms with Crippen LogP contribution in [-0.4, -0.2) is 43.4 Å². The van der Waals surface area contributed by atoms with Crippen molar-refractivity contribution in [2.45, 2.75) is 18.4 Å². The number of hydrogen-bond acceptors (Lipinski definition) is 4. The number of aliphatic hydroxyl groups excluding tert-OH is 1. The summed E-state index contributed by atoms with van der Waals surface area (Å²) in [5, 5.41) is 11.6. The molecule has 0 saturated carbocycles. The third-order valence-corrected chi connectivity index (χ3v) is 4.66. The van der Waals surface area contributed by atoms with E-state index in [4.69, 9.17) is 5.11 Å². The minimum absolute atomic E-state index is 0.0159. The summed E-state index contributed by atoms with van der Waals surface area (Å²) in [6, 6.07) is 6.27. The molecule has 0 atom stereocenters. The summed E-state index contributed by atoms with van der Waals surface area (Å²) in [6.45, 7) is 5.18. The van der Waals surface area contributed by atoms with Crippen molar-refractivity contribution in [3.63, 3.8) is 0 Å². The monoisotopic (exact) mass is 312 g/mol. The molecule has 0 aliphatic carbocycles. The zero-order valence-corrected chi connectivity index (χ0v) is 12.8. The highest BCUT2D eigenvalue weighted by atomic mass is 32.2. The Morgan fingerprint density at radius 3 is 2.48 bits per heavy atom. The first kappa shape index (κ1) is 17.4. The largest absolute Gasteiger partial charge is 0.395 e. The van der Waals surface area contributed by atoms with Gasteiger partial charge in [-0.1, -0.05) is 18.2 Å². The predicted molar refractivity (Wildman–Crippen MR) is 80.0 cm³/mol. The Hall–Kier alpha value is -1.70. The van der Waals surface area contributed by atoms with Gasteiger partial charge in [-0.3, -0.25) is 4.79 Å². The van der Waals surface area contributed by atoms with Crippen LogP contribution >= 0.6 is 0 Å². The molecule has 6 nitrogen and oxygen atoms in total. The van der Waals surface area contributed by atoms with Crippen LogP contribution in [0.1, 0.15) is 12.5 Å². The summed E-state index contributed by atoms with van der Waals surface area (Å²) in [5.74, 6) is -0.146. The minimum Gasteiger partial charge on any atom is -0.395 e. The molecule has 0 unspecified atom stereocenters. The highest BCUT2D eigenvalue weighted by Gasteiger charge is 2.22. The molecule has 1 amide bonds. The number of hydrogen-bond donors (Lipinski definition) is 2. The van der Waals surface area contributed by atoms with E-state index in [9.17, 15) is 13.2 Å². The van der Waals surface area contributed by atoms with Crippen LogP contribution in [0.3, 0.4) is 0 Å². The summed E-state index contributed by atoms with van der Waals surface area (Å²) in [4.78, 5) is 11.0. The van der Waals surface area contributed by atoms with E-state index in [-0.39, 0.29) is 30.5 Å². The molecule has 1 aromatic carbocycles. The molecule has 21 heavy (non-hydrogen) atoms. The van der Waals surface area contributed by atoms with Gasteiger partial charge in [-0.15, -0.1) is 6.58 Å². The van der Waals surface area contributed by atoms with Crippen LogP contribution in [-0.2, 0) is 21.4 Å². The molecule has 0 aromatic heterocycles. The summed E-state index contributed by atoms with van der Waals surface area (Å²) >= 11 is 0. The molecule has 0 spiro atoms. The first-order valence-corrected chi connectivity index (χ1v) is 7.91. The van der Waals surface area contributed by atoms with E-state index in [0.29, 0.717) is 6.54 Å². The quantitative estimate of drug-likeness (QED) is 0.684. The SMILES string of the molecule is C=CCN(CCO)S(=O)(=O)c1ccc(CNC(C)=O)cc1. The molecule has 0 radical (unpaired) electrons. The van der Waals surface area contributed by atoms with Gasteiger partial charge in [0.15, 0.2) is 0 Å². The number of benzene rings is 1. The van der Waals surface area contributed by atoms with Crippen LogP contribution in [0.4, 0.5) is 0 Å². The van der Waals surface area contributed by atoms with Crippen LogP contribution in [0.15, 0.2) is 41.8 Å². The Kier molecular flexibility index (Phi) is 6.54. The first-order valence-electron chi connectivity index (χ1n) is 6.47. The smallest absolute Gasteiger partial charge is 0.243 e. The van der Waals surface area contributed by atoms with Gasteiger partial charge in [-0.25, -0.2) is 8.42 Å². The van der Waals surface area contributed by atoms with E-state index in [0.717, 1.165) is 9.87 Å². The zero-order valence-electron chi connectivity index (χ0n) is 11.9. The third-order valence-electron chi connectivity index (χ3n) is 2.78. The lowest BCUT2D eigenvalue weighted by Gasteiger charge is -2.19. The van der Waals surface area contributed by atoms with Crippen LogP contribution in [0.2, 0.25) is 0 Å². The number of carbonyl (C=O) groups excluding carboxylic acids is 1. The Morgan fingerprint density at radius 1 is 1.38 bits per heavy atom. The number of nitrogens with zero attached hydrogens (tertiary/aromatic N) is 1. The maximum atomic E-state index is 12.4. The van der Waals surface area contributed by atoms with E-state index < -0.39 is 10.0 Å². The van der Waals surface area contributed by atoms with Gasteiger partial charge >= 0.3 is 0 Å². The van der Waals surface area contributed by atoms with Crippen molar-refractivity contribution in [3.8, 4) is 0 Å². The van der Waals surface area contributed by atoms with Crippen LogP contribution < -0.4 is 5.32 Å². The number of aliphatic hydroxyl groups is 1. The summed E-state index contributed by atoms with van der Waals surface area (Å²) < 4.78 is 25.9. The molecule has 0 saturated heterocycles.